The first-order valence-electron chi connectivity index (χ1n) is 4.98. The summed E-state index contributed by atoms with van der Waals surface area (Å²) in [6, 6.07) is 0.559. The van der Waals surface area contributed by atoms with Crippen LogP contribution >= 0.6 is 0 Å². The van der Waals surface area contributed by atoms with Crippen molar-refractivity contribution >= 4 is 0 Å². The van der Waals surface area contributed by atoms with Gasteiger partial charge < -0.3 is 10.1 Å². The highest BCUT2D eigenvalue weighted by molar-refractivity contribution is 4.98. The SMILES string of the molecule is CCCOCC(NC)C1(C)CC1. The molecule has 12 heavy (non-hydrogen) atoms. The Morgan fingerprint density at radius 1 is 1.50 bits per heavy atom. The van der Waals surface area contributed by atoms with E-state index in [2.05, 4.69) is 19.2 Å². The van der Waals surface area contributed by atoms with Gasteiger partial charge in [0, 0.05) is 12.6 Å². The maximum atomic E-state index is 5.54. The fraction of sp³-hybridized carbons (Fsp3) is 1.00. The third kappa shape index (κ3) is 2.46. The molecule has 1 rings (SSSR count). The van der Waals surface area contributed by atoms with Crippen LogP contribution in [0.15, 0.2) is 0 Å². The third-order valence-corrected chi connectivity index (χ3v) is 2.86. The van der Waals surface area contributed by atoms with Crippen LogP contribution in [0.3, 0.4) is 0 Å². The largest absolute Gasteiger partial charge is 0.380 e. The van der Waals surface area contributed by atoms with Gasteiger partial charge in [0.05, 0.1) is 6.61 Å². The van der Waals surface area contributed by atoms with E-state index in [1.807, 2.05) is 7.05 Å². The lowest BCUT2D eigenvalue weighted by Crippen LogP contribution is -2.37. The summed E-state index contributed by atoms with van der Waals surface area (Å²) in [5.74, 6) is 0. The van der Waals surface area contributed by atoms with Gasteiger partial charge in [0.2, 0.25) is 0 Å². The second-order valence-corrected chi connectivity index (χ2v) is 4.07. The molecule has 1 fully saturated rings. The molecule has 0 aromatic rings. The molecule has 0 aromatic carbocycles. The number of hydrogen-bond acceptors (Lipinski definition) is 2. The number of nitrogens with one attached hydrogen (secondary N) is 1. The number of likely N-dealkylation sites (N-methyl/N-ethyl adjacent to an activating group) is 1. The van der Waals surface area contributed by atoms with Gasteiger partial charge in [0.15, 0.2) is 0 Å². The van der Waals surface area contributed by atoms with Gasteiger partial charge in [-0.1, -0.05) is 13.8 Å². The average molecular weight is 171 g/mol. The first-order chi connectivity index (χ1) is 5.73. The number of hydrogen-bond donors (Lipinski definition) is 1. The van der Waals surface area contributed by atoms with Crippen LogP contribution in [-0.4, -0.2) is 26.3 Å². The molecule has 1 aliphatic rings. The minimum atomic E-state index is 0.530. The minimum Gasteiger partial charge on any atom is -0.380 e. The zero-order valence-corrected chi connectivity index (χ0v) is 8.52. The van der Waals surface area contributed by atoms with Gasteiger partial charge in [-0.15, -0.1) is 0 Å². The van der Waals surface area contributed by atoms with Crippen molar-refractivity contribution in [1.29, 1.82) is 0 Å². The standard InChI is InChI=1S/C10H21NO/c1-4-7-12-8-9(11-3)10(2)5-6-10/h9,11H,4-8H2,1-3H3. The zero-order valence-electron chi connectivity index (χ0n) is 8.52. The van der Waals surface area contributed by atoms with Crippen LogP contribution in [0.4, 0.5) is 0 Å². The zero-order chi connectivity index (χ0) is 9.03. The quantitative estimate of drug-likeness (QED) is 0.615. The maximum Gasteiger partial charge on any atom is 0.0624 e. The van der Waals surface area contributed by atoms with Crippen molar-refractivity contribution in [2.45, 2.75) is 39.2 Å². The summed E-state index contributed by atoms with van der Waals surface area (Å²) in [5, 5.41) is 3.34. The molecule has 0 bridgehead atoms. The van der Waals surface area contributed by atoms with Crippen molar-refractivity contribution < 1.29 is 4.74 Å². The highest BCUT2D eigenvalue weighted by Crippen LogP contribution is 2.48. The van der Waals surface area contributed by atoms with E-state index in [-0.39, 0.29) is 0 Å². The Balaban J connectivity index is 2.17. The van der Waals surface area contributed by atoms with Crippen molar-refractivity contribution in [3.63, 3.8) is 0 Å². The van der Waals surface area contributed by atoms with E-state index < -0.39 is 0 Å². The lowest BCUT2D eigenvalue weighted by molar-refractivity contribution is 0.0941. The summed E-state index contributed by atoms with van der Waals surface area (Å²) in [7, 11) is 2.03. The van der Waals surface area contributed by atoms with Crippen molar-refractivity contribution in [2.75, 3.05) is 20.3 Å². The summed E-state index contributed by atoms with van der Waals surface area (Å²) in [6.07, 6.45) is 3.83. The summed E-state index contributed by atoms with van der Waals surface area (Å²) in [5.41, 5.74) is 0.530. The average Bonchev–Trinajstić information content (AvgIpc) is 2.78. The van der Waals surface area contributed by atoms with Gasteiger partial charge in [0.1, 0.15) is 0 Å². The molecule has 1 N–H and O–H groups in total. The topological polar surface area (TPSA) is 21.3 Å². The Labute approximate surface area is 75.7 Å². The predicted molar refractivity (Wildman–Crippen MR) is 51.3 cm³/mol. The summed E-state index contributed by atoms with van der Waals surface area (Å²) >= 11 is 0. The fourth-order valence-electron chi connectivity index (χ4n) is 1.52. The van der Waals surface area contributed by atoms with Crippen LogP contribution in [0.1, 0.15) is 33.1 Å². The van der Waals surface area contributed by atoms with E-state index in [4.69, 9.17) is 4.74 Å². The molecule has 0 amide bonds. The molecule has 1 saturated carbocycles. The van der Waals surface area contributed by atoms with E-state index in [1.54, 1.807) is 0 Å². The molecule has 2 nitrogen and oxygen atoms in total. The minimum absolute atomic E-state index is 0.530. The Morgan fingerprint density at radius 3 is 2.58 bits per heavy atom. The lowest BCUT2D eigenvalue weighted by Gasteiger charge is -2.22. The van der Waals surface area contributed by atoms with E-state index in [1.165, 1.54) is 12.8 Å². The smallest absolute Gasteiger partial charge is 0.0624 e. The van der Waals surface area contributed by atoms with Gasteiger partial charge in [-0.3, -0.25) is 0 Å². The Hall–Kier alpha value is -0.0800. The van der Waals surface area contributed by atoms with Crippen LogP contribution < -0.4 is 5.32 Å². The van der Waals surface area contributed by atoms with Gasteiger partial charge in [-0.25, -0.2) is 0 Å². The second-order valence-electron chi connectivity index (χ2n) is 4.07. The fourth-order valence-corrected chi connectivity index (χ4v) is 1.52. The molecule has 0 saturated heterocycles. The van der Waals surface area contributed by atoms with Gasteiger partial charge in [-0.05, 0) is 31.7 Å². The molecule has 0 aromatic heterocycles. The van der Waals surface area contributed by atoms with E-state index >= 15 is 0 Å². The van der Waals surface area contributed by atoms with E-state index in [0.29, 0.717) is 11.5 Å². The van der Waals surface area contributed by atoms with Crippen molar-refractivity contribution in [1.82, 2.24) is 5.32 Å². The van der Waals surface area contributed by atoms with Gasteiger partial charge >= 0.3 is 0 Å². The number of rotatable bonds is 6. The molecule has 1 unspecified atom stereocenters. The normalized spacial score (nSPS) is 22.2. The summed E-state index contributed by atoms with van der Waals surface area (Å²) in [6.45, 7) is 6.26. The first kappa shape index (κ1) is 10.0. The first-order valence-corrected chi connectivity index (χ1v) is 4.98. The molecule has 0 spiro atoms. The van der Waals surface area contributed by atoms with Crippen LogP contribution in [0.25, 0.3) is 0 Å². The lowest BCUT2D eigenvalue weighted by atomic mass is 10.0. The van der Waals surface area contributed by atoms with Crippen LogP contribution in [-0.2, 0) is 4.74 Å². The van der Waals surface area contributed by atoms with Crippen LogP contribution in [0, 0.1) is 5.41 Å². The van der Waals surface area contributed by atoms with E-state index in [0.717, 1.165) is 19.6 Å². The van der Waals surface area contributed by atoms with Crippen molar-refractivity contribution in [3.05, 3.63) is 0 Å². The molecular formula is C10H21NO. The Morgan fingerprint density at radius 2 is 2.17 bits per heavy atom. The summed E-state index contributed by atoms with van der Waals surface area (Å²) in [4.78, 5) is 0. The molecule has 0 radical (unpaired) electrons. The van der Waals surface area contributed by atoms with Crippen molar-refractivity contribution in [2.24, 2.45) is 5.41 Å². The van der Waals surface area contributed by atoms with Gasteiger partial charge in [-0.2, -0.15) is 0 Å². The monoisotopic (exact) mass is 171 g/mol. The second kappa shape index (κ2) is 4.24. The third-order valence-electron chi connectivity index (χ3n) is 2.86. The van der Waals surface area contributed by atoms with Crippen LogP contribution in [0.5, 0.6) is 0 Å². The highest BCUT2D eigenvalue weighted by Gasteiger charge is 2.43. The molecule has 2 heteroatoms. The Kier molecular flexibility index (Phi) is 3.53. The van der Waals surface area contributed by atoms with E-state index in [9.17, 15) is 0 Å². The van der Waals surface area contributed by atoms with Crippen LogP contribution in [0.2, 0.25) is 0 Å². The van der Waals surface area contributed by atoms with Gasteiger partial charge in [0.25, 0.3) is 0 Å². The maximum absolute atomic E-state index is 5.54. The van der Waals surface area contributed by atoms with Crippen molar-refractivity contribution in [3.8, 4) is 0 Å². The Bertz CT molecular complexity index is 132. The predicted octanol–water partition coefficient (Wildman–Crippen LogP) is 1.80. The number of ether oxygens (including phenoxy) is 1. The molecule has 1 aliphatic carbocycles. The molecule has 0 aliphatic heterocycles. The molecule has 0 heterocycles. The summed E-state index contributed by atoms with van der Waals surface area (Å²) < 4.78 is 5.54. The molecular weight excluding hydrogens is 150 g/mol. The molecule has 1 atom stereocenters. The highest BCUT2D eigenvalue weighted by atomic mass is 16.5. The molecule has 72 valence electrons.